The Labute approximate surface area is 149 Å². The lowest BCUT2D eigenvalue weighted by molar-refractivity contribution is 0.0658. The van der Waals surface area contributed by atoms with Crippen LogP contribution in [0.25, 0.3) is 0 Å². The van der Waals surface area contributed by atoms with Gasteiger partial charge in [0.25, 0.3) is 5.91 Å². The Morgan fingerprint density at radius 2 is 1.80 bits per heavy atom. The molecule has 0 aliphatic carbocycles. The lowest BCUT2D eigenvalue weighted by Gasteiger charge is -2.32. The second kappa shape index (κ2) is 7.61. The normalized spacial score (nSPS) is 15.2. The van der Waals surface area contributed by atoms with Crippen molar-refractivity contribution in [3.05, 3.63) is 53.5 Å². The third kappa shape index (κ3) is 4.33. The first-order chi connectivity index (χ1) is 12.0. The topological polar surface area (TPSA) is 52.6 Å². The van der Waals surface area contributed by atoms with E-state index < -0.39 is 0 Å². The van der Waals surface area contributed by atoms with Crippen LogP contribution in [0.4, 0.5) is 5.82 Å². The highest BCUT2D eigenvalue weighted by molar-refractivity contribution is 5.93. The van der Waals surface area contributed by atoms with Crippen molar-refractivity contribution in [3.8, 4) is 0 Å². The maximum atomic E-state index is 12.8. The van der Waals surface area contributed by atoms with Gasteiger partial charge in [-0.25, -0.2) is 9.97 Å². The van der Waals surface area contributed by atoms with E-state index in [0.717, 1.165) is 38.5 Å². The van der Waals surface area contributed by atoms with E-state index in [1.165, 1.54) is 5.56 Å². The van der Waals surface area contributed by atoms with Gasteiger partial charge in [0, 0.05) is 45.8 Å². The number of aryl methyl sites for hydroxylation is 1. The fourth-order valence-electron chi connectivity index (χ4n) is 2.97. The molecule has 25 heavy (non-hydrogen) atoms. The summed E-state index contributed by atoms with van der Waals surface area (Å²) in [5, 5.41) is 0. The van der Waals surface area contributed by atoms with E-state index in [0.29, 0.717) is 11.5 Å². The Hall–Kier alpha value is -2.47. The predicted molar refractivity (Wildman–Crippen MR) is 98.7 cm³/mol. The molecule has 3 rings (SSSR count). The Morgan fingerprint density at radius 1 is 1.12 bits per heavy atom. The first-order valence-corrected chi connectivity index (χ1v) is 8.61. The van der Waals surface area contributed by atoms with Crippen molar-refractivity contribution in [3.63, 3.8) is 0 Å². The molecule has 0 bridgehead atoms. The number of carbonyl (C=O) groups excluding carboxylic acids is 1. The Morgan fingerprint density at radius 3 is 2.48 bits per heavy atom. The van der Waals surface area contributed by atoms with Gasteiger partial charge in [-0.3, -0.25) is 4.79 Å². The molecule has 1 fully saturated rings. The zero-order valence-corrected chi connectivity index (χ0v) is 15.1. The molecular formula is C19H25N5O. The minimum atomic E-state index is -0.00652. The van der Waals surface area contributed by atoms with Gasteiger partial charge >= 0.3 is 0 Å². The highest BCUT2D eigenvalue weighted by atomic mass is 16.2. The van der Waals surface area contributed by atoms with E-state index in [9.17, 15) is 4.79 Å². The number of nitrogens with zero attached hydrogens (tertiary/aromatic N) is 5. The van der Waals surface area contributed by atoms with Crippen LogP contribution < -0.4 is 4.90 Å². The molecule has 0 spiro atoms. The van der Waals surface area contributed by atoms with Gasteiger partial charge in [-0.1, -0.05) is 30.3 Å². The molecule has 6 nitrogen and oxygen atoms in total. The fraction of sp³-hybridized carbons (Fsp3) is 0.421. The maximum absolute atomic E-state index is 12.8. The summed E-state index contributed by atoms with van der Waals surface area (Å²) in [5.41, 5.74) is 1.68. The average Bonchev–Trinajstić information content (AvgIpc) is 2.62. The van der Waals surface area contributed by atoms with Gasteiger partial charge in [-0.05, 0) is 19.5 Å². The van der Waals surface area contributed by atoms with E-state index in [1.807, 2.05) is 42.0 Å². The van der Waals surface area contributed by atoms with E-state index in [4.69, 9.17) is 0 Å². The molecule has 2 aromatic rings. The minimum absolute atomic E-state index is 0.00652. The molecule has 1 aliphatic rings. The summed E-state index contributed by atoms with van der Waals surface area (Å²) < 4.78 is 0. The smallest absolute Gasteiger partial charge is 0.272 e. The second-order valence-electron chi connectivity index (χ2n) is 6.60. The van der Waals surface area contributed by atoms with Crippen LogP contribution in [-0.4, -0.2) is 65.9 Å². The fourth-order valence-corrected chi connectivity index (χ4v) is 2.97. The summed E-state index contributed by atoms with van der Waals surface area (Å²) in [6.07, 6.45) is 0. The van der Waals surface area contributed by atoms with Crippen LogP contribution in [-0.2, 0) is 6.54 Å². The number of anilines is 1. The van der Waals surface area contributed by atoms with Crippen LogP contribution in [0.3, 0.4) is 0 Å². The monoisotopic (exact) mass is 339 g/mol. The van der Waals surface area contributed by atoms with Crippen molar-refractivity contribution in [2.24, 2.45) is 0 Å². The van der Waals surface area contributed by atoms with Crippen molar-refractivity contribution in [1.82, 2.24) is 19.8 Å². The van der Waals surface area contributed by atoms with Crippen LogP contribution >= 0.6 is 0 Å². The largest absolute Gasteiger partial charge is 0.355 e. The van der Waals surface area contributed by atoms with Crippen molar-refractivity contribution in [1.29, 1.82) is 0 Å². The van der Waals surface area contributed by atoms with E-state index >= 15 is 0 Å². The SMILES string of the molecule is Cc1nc(C(=O)N2CCN(C)CC2)cc(N(C)Cc2ccccc2)n1. The third-order valence-electron chi connectivity index (χ3n) is 4.49. The van der Waals surface area contributed by atoms with Gasteiger partial charge in [-0.15, -0.1) is 0 Å². The zero-order chi connectivity index (χ0) is 17.8. The highest BCUT2D eigenvalue weighted by Crippen LogP contribution is 2.16. The molecule has 0 unspecified atom stereocenters. The van der Waals surface area contributed by atoms with E-state index in [2.05, 4.69) is 34.0 Å². The number of hydrogen-bond acceptors (Lipinski definition) is 5. The molecule has 1 amide bonds. The number of amides is 1. The molecule has 0 atom stereocenters. The van der Waals surface area contributed by atoms with Crippen molar-refractivity contribution in [2.75, 3.05) is 45.2 Å². The summed E-state index contributed by atoms with van der Waals surface area (Å²) in [6.45, 7) is 5.86. The van der Waals surface area contributed by atoms with Crippen molar-refractivity contribution in [2.45, 2.75) is 13.5 Å². The molecule has 1 saturated heterocycles. The lowest BCUT2D eigenvalue weighted by atomic mass is 10.2. The molecule has 1 aromatic carbocycles. The first kappa shape index (κ1) is 17.4. The summed E-state index contributed by atoms with van der Waals surface area (Å²) in [7, 11) is 4.06. The summed E-state index contributed by atoms with van der Waals surface area (Å²) >= 11 is 0. The molecule has 0 N–H and O–H groups in total. The molecular weight excluding hydrogens is 314 g/mol. The second-order valence-corrected chi connectivity index (χ2v) is 6.60. The van der Waals surface area contributed by atoms with Gasteiger partial charge in [0.1, 0.15) is 17.3 Å². The van der Waals surface area contributed by atoms with Gasteiger partial charge in [0.15, 0.2) is 0 Å². The first-order valence-electron chi connectivity index (χ1n) is 8.61. The number of rotatable bonds is 4. The molecule has 6 heteroatoms. The van der Waals surface area contributed by atoms with Crippen LogP contribution in [0, 0.1) is 6.92 Å². The molecule has 2 heterocycles. The van der Waals surface area contributed by atoms with Crippen molar-refractivity contribution < 1.29 is 4.79 Å². The van der Waals surface area contributed by atoms with E-state index in [1.54, 1.807) is 6.07 Å². The summed E-state index contributed by atoms with van der Waals surface area (Å²) in [6, 6.07) is 12.0. The number of carbonyl (C=O) groups is 1. The molecule has 132 valence electrons. The van der Waals surface area contributed by atoms with Gasteiger partial charge < -0.3 is 14.7 Å². The summed E-state index contributed by atoms with van der Waals surface area (Å²) in [4.78, 5) is 27.8. The number of hydrogen-bond donors (Lipinski definition) is 0. The third-order valence-corrected chi connectivity index (χ3v) is 4.49. The maximum Gasteiger partial charge on any atom is 0.272 e. The predicted octanol–water partition coefficient (Wildman–Crippen LogP) is 1.81. The number of piperazine rings is 1. The lowest BCUT2D eigenvalue weighted by Crippen LogP contribution is -2.47. The molecule has 1 aromatic heterocycles. The van der Waals surface area contributed by atoms with Crippen LogP contribution in [0.5, 0.6) is 0 Å². The number of aromatic nitrogens is 2. The van der Waals surface area contributed by atoms with Gasteiger partial charge in [0.2, 0.25) is 0 Å². The Bertz CT molecular complexity index is 726. The van der Waals surface area contributed by atoms with Crippen LogP contribution in [0.1, 0.15) is 21.9 Å². The molecule has 0 radical (unpaired) electrons. The van der Waals surface area contributed by atoms with Gasteiger partial charge in [0.05, 0.1) is 0 Å². The van der Waals surface area contributed by atoms with E-state index in [-0.39, 0.29) is 5.91 Å². The summed E-state index contributed by atoms with van der Waals surface area (Å²) in [5.74, 6) is 1.39. The van der Waals surface area contributed by atoms with Crippen LogP contribution in [0.2, 0.25) is 0 Å². The van der Waals surface area contributed by atoms with Gasteiger partial charge in [-0.2, -0.15) is 0 Å². The number of likely N-dealkylation sites (N-methyl/N-ethyl adjacent to an activating group) is 1. The Kier molecular flexibility index (Phi) is 5.28. The molecule has 0 saturated carbocycles. The van der Waals surface area contributed by atoms with Crippen molar-refractivity contribution >= 4 is 11.7 Å². The molecule has 1 aliphatic heterocycles. The minimum Gasteiger partial charge on any atom is -0.355 e. The Balaban J connectivity index is 1.77. The standard InChI is InChI=1S/C19H25N5O/c1-15-20-17(19(25)24-11-9-22(2)10-12-24)13-18(21-15)23(3)14-16-7-5-4-6-8-16/h4-8,13H,9-12,14H2,1-3H3. The highest BCUT2D eigenvalue weighted by Gasteiger charge is 2.22. The average molecular weight is 339 g/mol. The van der Waals surface area contributed by atoms with Crippen LogP contribution in [0.15, 0.2) is 36.4 Å². The zero-order valence-electron chi connectivity index (χ0n) is 15.1. The number of benzene rings is 1. The quantitative estimate of drug-likeness (QED) is 0.850.